The minimum absolute atomic E-state index is 0.101. The predicted molar refractivity (Wildman–Crippen MR) is 83.6 cm³/mol. The van der Waals surface area contributed by atoms with Crippen molar-refractivity contribution >= 4 is 23.5 Å². The Labute approximate surface area is 135 Å². The third kappa shape index (κ3) is 6.50. The van der Waals surface area contributed by atoms with Gasteiger partial charge in [-0.1, -0.05) is 13.8 Å². The van der Waals surface area contributed by atoms with Gasteiger partial charge in [0, 0.05) is 18.1 Å². The molecule has 126 valence electrons. The lowest BCUT2D eigenvalue weighted by Gasteiger charge is -2.19. The minimum Gasteiger partial charge on any atom is -0.550 e. The normalized spacial score (nSPS) is 11.8. The van der Waals surface area contributed by atoms with Gasteiger partial charge in [-0.25, -0.2) is 4.79 Å². The van der Waals surface area contributed by atoms with Crippen LogP contribution in [0.15, 0.2) is 24.3 Å². The number of aliphatic carboxylic acids is 1. The zero-order chi connectivity index (χ0) is 17.4. The van der Waals surface area contributed by atoms with Crippen LogP contribution in [0.5, 0.6) is 0 Å². The first-order valence-corrected chi connectivity index (χ1v) is 7.52. The number of hydrogen-bond donors (Lipinski definition) is 1. The Morgan fingerprint density at radius 2 is 1.78 bits per heavy atom. The first-order chi connectivity index (χ1) is 10.8. The standard InChI is InChI=1S/C17H23NO5/c1-11(2)10-13(16(20)21)6-9-15(19)18-14-7-4-12(5-8-14)17(22)23-3/h4-5,7-8,11,13H,6,9-10H2,1-3H3,(H,18,19)(H,20,21)/p-1/t13-/m0/s1. The summed E-state index contributed by atoms with van der Waals surface area (Å²) >= 11 is 0. The highest BCUT2D eigenvalue weighted by molar-refractivity contribution is 5.93. The number of rotatable bonds is 8. The van der Waals surface area contributed by atoms with Crippen molar-refractivity contribution in [2.24, 2.45) is 11.8 Å². The Balaban J connectivity index is 2.52. The summed E-state index contributed by atoms with van der Waals surface area (Å²) in [6.45, 7) is 3.86. The van der Waals surface area contributed by atoms with Crippen LogP contribution in [-0.2, 0) is 14.3 Å². The molecule has 1 N–H and O–H groups in total. The predicted octanol–water partition coefficient (Wildman–Crippen LogP) is 1.60. The summed E-state index contributed by atoms with van der Waals surface area (Å²) in [5.41, 5.74) is 0.927. The Kier molecular flexibility index (Phi) is 7.25. The van der Waals surface area contributed by atoms with Gasteiger partial charge in [-0.2, -0.15) is 0 Å². The minimum atomic E-state index is -1.12. The molecule has 0 spiro atoms. The molecule has 0 saturated carbocycles. The number of carbonyl (C=O) groups excluding carboxylic acids is 3. The number of benzene rings is 1. The van der Waals surface area contributed by atoms with Gasteiger partial charge in [0.2, 0.25) is 5.91 Å². The van der Waals surface area contributed by atoms with Gasteiger partial charge in [0.15, 0.2) is 0 Å². The Morgan fingerprint density at radius 1 is 1.17 bits per heavy atom. The zero-order valence-corrected chi connectivity index (χ0v) is 13.6. The van der Waals surface area contributed by atoms with Crippen LogP contribution in [0, 0.1) is 11.8 Å². The second kappa shape index (κ2) is 8.92. The van der Waals surface area contributed by atoms with Gasteiger partial charge in [-0.05, 0) is 48.9 Å². The van der Waals surface area contributed by atoms with E-state index >= 15 is 0 Å². The van der Waals surface area contributed by atoms with Crippen molar-refractivity contribution in [1.82, 2.24) is 0 Å². The van der Waals surface area contributed by atoms with Gasteiger partial charge in [-0.3, -0.25) is 4.79 Å². The SMILES string of the molecule is COC(=O)c1ccc(NC(=O)CC[C@@H](CC(C)C)C(=O)[O-])cc1. The fourth-order valence-electron chi connectivity index (χ4n) is 2.24. The fraction of sp³-hybridized carbons (Fsp3) is 0.471. The molecule has 0 bridgehead atoms. The summed E-state index contributed by atoms with van der Waals surface area (Å²) in [6, 6.07) is 6.28. The first kappa shape index (κ1) is 18.7. The van der Waals surface area contributed by atoms with E-state index < -0.39 is 17.9 Å². The molecule has 0 aromatic heterocycles. The molecule has 1 aromatic carbocycles. The number of carboxylic acids is 1. The molecule has 1 amide bonds. The summed E-state index contributed by atoms with van der Waals surface area (Å²) in [5.74, 6) is -2.23. The van der Waals surface area contributed by atoms with Crippen LogP contribution in [0.1, 0.15) is 43.5 Å². The lowest BCUT2D eigenvalue weighted by atomic mass is 9.93. The number of hydrogen-bond acceptors (Lipinski definition) is 5. The van der Waals surface area contributed by atoms with Crippen LogP contribution >= 0.6 is 0 Å². The Bertz CT molecular complexity index is 551. The number of carboxylic acid groups (broad SMARTS) is 1. The van der Waals surface area contributed by atoms with Gasteiger partial charge < -0.3 is 20.0 Å². The Morgan fingerprint density at radius 3 is 2.26 bits per heavy atom. The largest absolute Gasteiger partial charge is 0.550 e. The molecule has 0 unspecified atom stereocenters. The van der Waals surface area contributed by atoms with E-state index in [2.05, 4.69) is 10.1 Å². The number of esters is 1. The number of methoxy groups -OCH3 is 1. The molecule has 0 heterocycles. The highest BCUT2D eigenvalue weighted by Gasteiger charge is 2.14. The molecular formula is C17H22NO5-. The van der Waals surface area contributed by atoms with Gasteiger partial charge in [0.05, 0.1) is 12.7 Å². The summed E-state index contributed by atoms with van der Waals surface area (Å²) < 4.78 is 4.59. The van der Waals surface area contributed by atoms with E-state index in [0.29, 0.717) is 17.7 Å². The summed E-state index contributed by atoms with van der Waals surface area (Å²) in [6.07, 6.45) is 0.833. The van der Waals surface area contributed by atoms with E-state index in [-0.39, 0.29) is 24.7 Å². The van der Waals surface area contributed by atoms with E-state index in [4.69, 9.17) is 0 Å². The molecule has 6 heteroatoms. The van der Waals surface area contributed by atoms with Gasteiger partial charge in [-0.15, -0.1) is 0 Å². The van der Waals surface area contributed by atoms with Crippen molar-refractivity contribution in [1.29, 1.82) is 0 Å². The third-order valence-corrected chi connectivity index (χ3v) is 3.40. The second-order valence-corrected chi connectivity index (χ2v) is 5.80. The lowest BCUT2D eigenvalue weighted by molar-refractivity contribution is -0.312. The van der Waals surface area contributed by atoms with Crippen LogP contribution in [0.2, 0.25) is 0 Å². The summed E-state index contributed by atoms with van der Waals surface area (Å²) in [7, 11) is 1.29. The van der Waals surface area contributed by atoms with E-state index in [9.17, 15) is 19.5 Å². The van der Waals surface area contributed by atoms with Crippen LogP contribution in [-0.4, -0.2) is 25.0 Å². The molecular weight excluding hydrogens is 298 g/mol. The molecule has 1 aromatic rings. The number of carbonyl (C=O) groups is 3. The second-order valence-electron chi connectivity index (χ2n) is 5.80. The van der Waals surface area contributed by atoms with Crippen molar-refractivity contribution in [3.8, 4) is 0 Å². The topological polar surface area (TPSA) is 95.5 Å². The van der Waals surface area contributed by atoms with E-state index in [1.54, 1.807) is 24.3 Å². The average Bonchev–Trinajstić information content (AvgIpc) is 2.50. The van der Waals surface area contributed by atoms with E-state index in [0.717, 1.165) is 0 Å². The van der Waals surface area contributed by atoms with Crippen molar-refractivity contribution in [3.63, 3.8) is 0 Å². The van der Waals surface area contributed by atoms with Crippen molar-refractivity contribution in [2.75, 3.05) is 12.4 Å². The van der Waals surface area contributed by atoms with E-state index in [1.807, 2.05) is 13.8 Å². The molecule has 0 aliphatic carbocycles. The highest BCUT2D eigenvalue weighted by atomic mass is 16.5. The molecule has 0 aliphatic heterocycles. The van der Waals surface area contributed by atoms with Crippen LogP contribution in [0.25, 0.3) is 0 Å². The molecule has 0 radical (unpaired) electrons. The summed E-state index contributed by atoms with van der Waals surface area (Å²) in [4.78, 5) is 34.2. The smallest absolute Gasteiger partial charge is 0.337 e. The number of nitrogens with one attached hydrogen (secondary N) is 1. The van der Waals surface area contributed by atoms with Gasteiger partial charge in [0.1, 0.15) is 0 Å². The maximum Gasteiger partial charge on any atom is 0.337 e. The fourth-order valence-corrected chi connectivity index (χ4v) is 2.24. The maximum absolute atomic E-state index is 11.9. The van der Waals surface area contributed by atoms with Crippen LogP contribution in [0.3, 0.4) is 0 Å². The summed E-state index contributed by atoms with van der Waals surface area (Å²) in [5, 5.41) is 13.7. The zero-order valence-electron chi connectivity index (χ0n) is 13.6. The molecule has 23 heavy (non-hydrogen) atoms. The number of anilines is 1. The average molecular weight is 320 g/mol. The van der Waals surface area contributed by atoms with Crippen molar-refractivity contribution < 1.29 is 24.2 Å². The van der Waals surface area contributed by atoms with Gasteiger partial charge in [0.25, 0.3) is 0 Å². The monoisotopic (exact) mass is 320 g/mol. The third-order valence-electron chi connectivity index (χ3n) is 3.40. The Hall–Kier alpha value is -2.37. The number of amides is 1. The number of ether oxygens (including phenoxy) is 1. The van der Waals surface area contributed by atoms with Crippen LogP contribution < -0.4 is 10.4 Å². The van der Waals surface area contributed by atoms with Crippen molar-refractivity contribution in [2.45, 2.75) is 33.1 Å². The maximum atomic E-state index is 11.9. The molecule has 0 aliphatic rings. The molecule has 1 atom stereocenters. The molecule has 0 saturated heterocycles. The molecule has 0 fully saturated rings. The van der Waals surface area contributed by atoms with Gasteiger partial charge >= 0.3 is 5.97 Å². The van der Waals surface area contributed by atoms with Crippen molar-refractivity contribution in [3.05, 3.63) is 29.8 Å². The first-order valence-electron chi connectivity index (χ1n) is 7.52. The molecule has 1 rings (SSSR count). The quantitative estimate of drug-likeness (QED) is 0.734. The van der Waals surface area contributed by atoms with Crippen LogP contribution in [0.4, 0.5) is 5.69 Å². The molecule has 6 nitrogen and oxygen atoms in total. The highest BCUT2D eigenvalue weighted by Crippen LogP contribution is 2.17. The lowest BCUT2D eigenvalue weighted by Crippen LogP contribution is -2.32. The van der Waals surface area contributed by atoms with E-state index in [1.165, 1.54) is 7.11 Å².